The fraction of sp³-hybridized carbons (Fsp3) is 0.500. The van der Waals surface area contributed by atoms with Crippen LogP contribution in [-0.2, 0) is 11.2 Å². The van der Waals surface area contributed by atoms with E-state index < -0.39 is 12.0 Å². The molecule has 21 heavy (non-hydrogen) atoms. The van der Waals surface area contributed by atoms with E-state index in [-0.39, 0.29) is 6.04 Å². The number of fused-ring (bicyclic) bond motifs is 1. The summed E-state index contributed by atoms with van der Waals surface area (Å²) in [5, 5.41) is 20.9. The number of aliphatic carboxylic acids is 1. The third-order valence-electron chi connectivity index (χ3n) is 3.73. The summed E-state index contributed by atoms with van der Waals surface area (Å²) in [5.74, 6) is -0.768. The van der Waals surface area contributed by atoms with Crippen molar-refractivity contribution in [3.8, 4) is 0 Å². The number of carboxylic acids is 1. The second-order valence-electron chi connectivity index (χ2n) is 5.51. The minimum Gasteiger partial charge on any atom is -0.480 e. The third-order valence-corrected chi connectivity index (χ3v) is 3.73. The molecule has 114 valence electrons. The van der Waals surface area contributed by atoms with Gasteiger partial charge < -0.3 is 10.4 Å². The predicted molar refractivity (Wildman–Crippen MR) is 83.3 cm³/mol. The standard InChI is InChI=1S/C16H23N3O2/c1-3-6-15(16(20)21)17-11(2)9-10-14-12-7-4-5-8-13(12)18-19-14/h4-5,7-8,11,15,17H,3,6,9-10H2,1-2H3,(H,18,19)(H,20,21). The van der Waals surface area contributed by atoms with Crippen LogP contribution in [0.1, 0.15) is 38.8 Å². The monoisotopic (exact) mass is 289 g/mol. The van der Waals surface area contributed by atoms with E-state index in [4.69, 9.17) is 5.11 Å². The maximum absolute atomic E-state index is 11.2. The lowest BCUT2D eigenvalue weighted by molar-refractivity contribution is -0.139. The van der Waals surface area contributed by atoms with Crippen LogP contribution in [0.4, 0.5) is 0 Å². The number of carbonyl (C=O) groups is 1. The Morgan fingerprint density at radius 1 is 1.38 bits per heavy atom. The van der Waals surface area contributed by atoms with Crippen molar-refractivity contribution >= 4 is 16.9 Å². The number of para-hydroxylation sites is 1. The van der Waals surface area contributed by atoms with E-state index in [0.717, 1.165) is 35.9 Å². The van der Waals surface area contributed by atoms with Crippen molar-refractivity contribution in [2.24, 2.45) is 0 Å². The van der Waals surface area contributed by atoms with Crippen LogP contribution in [0.5, 0.6) is 0 Å². The Morgan fingerprint density at radius 2 is 2.14 bits per heavy atom. The highest BCUT2D eigenvalue weighted by Gasteiger charge is 2.18. The van der Waals surface area contributed by atoms with Gasteiger partial charge >= 0.3 is 5.97 Å². The number of hydrogen-bond donors (Lipinski definition) is 3. The van der Waals surface area contributed by atoms with Crippen LogP contribution in [-0.4, -0.2) is 33.4 Å². The van der Waals surface area contributed by atoms with Gasteiger partial charge in [0.05, 0.1) is 5.52 Å². The van der Waals surface area contributed by atoms with Gasteiger partial charge in [-0.25, -0.2) is 0 Å². The highest BCUT2D eigenvalue weighted by Crippen LogP contribution is 2.17. The number of nitrogens with one attached hydrogen (secondary N) is 2. The molecule has 0 fully saturated rings. The summed E-state index contributed by atoms with van der Waals surface area (Å²) in [5.41, 5.74) is 2.09. The van der Waals surface area contributed by atoms with Gasteiger partial charge in [0, 0.05) is 17.1 Å². The van der Waals surface area contributed by atoms with Crippen LogP contribution < -0.4 is 5.32 Å². The molecule has 2 unspecified atom stereocenters. The largest absolute Gasteiger partial charge is 0.480 e. The minimum absolute atomic E-state index is 0.153. The molecule has 0 spiro atoms. The van der Waals surface area contributed by atoms with Crippen LogP contribution in [0.25, 0.3) is 10.9 Å². The number of aromatic amines is 1. The Labute approximate surface area is 124 Å². The highest BCUT2D eigenvalue weighted by atomic mass is 16.4. The van der Waals surface area contributed by atoms with Crippen LogP contribution >= 0.6 is 0 Å². The van der Waals surface area contributed by atoms with Crippen LogP contribution in [0.3, 0.4) is 0 Å². The molecule has 0 bridgehead atoms. The van der Waals surface area contributed by atoms with Gasteiger partial charge in [-0.2, -0.15) is 5.10 Å². The zero-order valence-corrected chi connectivity index (χ0v) is 12.6. The summed E-state index contributed by atoms with van der Waals surface area (Å²) in [7, 11) is 0. The number of hydrogen-bond acceptors (Lipinski definition) is 3. The van der Waals surface area contributed by atoms with E-state index in [1.54, 1.807) is 0 Å². The van der Waals surface area contributed by atoms with Gasteiger partial charge in [-0.1, -0.05) is 31.5 Å². The molecule has 1 aromatic carbocycles. The SMILES string of the molecule is CCCC(NC(C)CCc1[nH]nc2ccccc12)C(=O)O. The van der Waals surface area contributed by atoms with Gasteiger partial charge in [0.1, 0.15) is 6.04 Å². The molecule has 0 aliphatic carbocycles. The Kier molecular flexibility index (Phi) is 5.33. The molecule has 2 rings (SSSR count). The summed E-state index contributed by atoms with van der Waals surface area (Å²) in [4.78, 5) is 11.2. The van der Waals surface area contributed by atoms with Gasteiger partial charge in [-0.15, -0.1) is 0 Å². The topological polar surface area (TPSA) is 78.0 Å². The lowest BCUT2D eigenvalue weighted by Crippen LogP contribution is -2.42. The first-order valence-electron chi connectivity index (χ1n) is 7.52. The van der Waals surface area contributed by atoms with Gasteiger partial charge in [0.2, 0.25) is 0 Å². The summed E-state index contributed by atoms with van der Waals surface area (Å²) >= 11 is 0. The third kappa shape index (κ3) is 4.04. The molecule has 0 saturated heterocycles. The lowest BCUT2D eigenvalue weighted by Gasteiger charge is -2.19. The molecule has 2 atom stereocenters. The minimum atomic E-state index is -0.768. The van der Waals surface area contributed by atoms with E-state index in [2.05, 4.69) is 21.6 Å². The highest BCUT2D eigenvalue weighted by molar-refractivity contribution is 5.81. The zero-order valence-electron chi connectivity index (χ0n) is 12.6. The Balaban J connectivity index is 1.91. The lowest BCUT2D eigenvalue weighted by atomic mass is 10.1. The molecule has 5 nitrogen and oxygen atoms in total. The second kappa shape index (κ2) is 7.22. The fourth-order valence-electron chi connectivity index (χ4n) is 2.56. The van der Waals surface area contributed by atoms with E-state index in [1.807, 2.05) is 32.0 Å². The number of aromatic nitrogens is 2. The molecular formula is C16H23N3O2. The van der Waals surface area contributed by atoms with Crippen molar-refractivity contribution in [1.29, 1.82) is 0 Å². The number of rotatable bonds is 8. The smallest absolute Gasteiger partial charge is 0.320 e. The average Bonchev–Trinajstić information content (AvgIpc) is 2.88. The number of benzene rings is 1. The normalized spacial score (nSPS) is 14.2. The fourth-order valence-corrected chi connectivity index (χ4v) is 2.56. The summed E-state index contributed by atoms with van der Waals surface area (Å²) in [6.45, 7) is 4.03. The number of nitrogens with zero attached hydrogens (tertiary/aromatic N) is 1. The average molecular weight is 289 g/mol. The molecule has 5 heteroatoms. The maximum atomic E-state index is 11.2. The molecule has 0 aliphatic heterocycles. The van der Waals surface area contributed by atoms with E-state index in [9.17, 15) is 4.79 Å². The van der Waals surface area contributed by atoms with Crippen molar-refractivity contribution in [2.45, 2.75) is 51.6 Å². The van der Waals surface area contributed by atoms with Crippen molar-refractivity contribution in [1.82, 2.24) is 15.5 Å². The van der Waals surface area contributed by atoms with Gasteiger partial charge in [0.25, 0.3) is 0 Å². The van der Waals surface area contributed by atoms with E-state index >= 15 is 0 Å². The summed E-state index contributed by atoms with van der Waals surface area (Å²) < 4.78 is 0. The molecule has 0 radical (unpaired) electrons. The first-order chi connectivity index (χ1) is 10.1. The Morgan fingerprint density at radius 3 is 2.86 bits per heavy atom. The molecule has 3 N–H and O–H groups in total. The molecule has 2 aromatic rings. The van der Waals surface area contributed by atoms with Crippen molar-refractivity contribution in [3.05, 3.63) is 30.0 Å². The number of aryl methyl sites for hydroxylation is 1. The molecule has 0 aliphatic rings. The van der Waals surface area contributed by atoms with Crippen molar-refractivity contribution in [2.75, 3.05) is 0 Å². The first kappa shape index (κ1) is 15.5. The first-order valence-corrected chi connectivity index (χ1v) is 7.52. The Hall–Kier alpha value is -1.88. The second-order valence-corrected chi connectivity index (χ2v) is 5.51. The molecule has 1 aromatic heterocycles. The predicted octanol–water partition coefficient (Wildman–Crippen LogP) is 2.73. The van der Waals surface area contributed by atoms with Crippen molar-refractivity contribution < 1.29 is 9.90 Å². The van der Waals surface area contributed by atoms with Gasteiger partial charge in [0.15, 0.2) is 0 Å². The molecule has 1 heterocycles. The zero-order chi connectivity index (χ0) is 15.2. The quantitative estimate of drug-likeness (QED) is 0.698. The summed E-state index contributed by atoms with van der Waals surface area (Å²) in [6.07, 6.45) is 3.25. The molecule has 0 saturated carbocycles. The molecular weight excluding hydrogens is 266 g/mol. The van der Waals surface area contributed by atoms with E-state index in [1.165, 1.54) is 0 Å². The van der Waals surface area contributed by atoms with Gasteiger partial charge in [-0.05, 0) is 32.3 Å². The number of carboxylic acid groups (broad SMARTS) is 1. The van der Waals surface area contributed by atoms with Crippen molar-refractivity contribution in [3.63, 3.8) is 0 Å². The Bertz CT molecular complexity index is 594. The van der Waals surface area contributed by atoms with Gasteiger partial charge in [-0.3, -0.25) is 9.89 Å². The molecule has 0 amide bonds. The van der Waals surface area contributed by atoms with Crippen LogP contribution in [0, 0.1) is 0 Å². The maximum Gasteiger partial charge on any atom is 0.320 e. The van der Waals surface area contributed by atoms with Crippen LogP contribution in [0.2, 0.25) is 0 Å². The van der Waals surface area contributed by atoms with E-state index in [0.29, 0.717) is 6.42 Å². The van der Waals surface area contributed by atoms with Crippen LogP contribution in [0.15, 0.2) is 24.3 Å². The summed E-state index contributed by atoms with van der Waals surface area (Å²) in [6, 6.07) is 7.72. The number of H-pyrrole nitrogens is 1.